The van der Waals surface area contributed by atoms with Crippen LogP contribution in [-0.4, -0.2) is 68.1 Å². The van der Waals surface area contributed by atoms with Crippen molar-refractivity contribution in [3.8, 4) is 0 Å². The summed E-state index contributed by atoms with van der Waals surface area (Å²) in [5.41, 5.74) is 0. The third-order valence-electron chi connectivity index (χ3n) is 1.87. The normalized spacial score (nSPS) is 30.1. The summed E-state index contributed by atoms with van der Waals surface area (Å²) < 4.78 is 4.58. The number of halogens is 2. The molecule has 0 aromatic heterocycles. The summed E-state index contributed by atoms with van der Waals surface area (Å²) in [6.07, 6.45) is -7.04. The quantitative estimate of drug-likeness (QED) is 0.119. The summed E-state index contributed by atoms with van der Waals surface area (Å²) in [4.78, 5) is 8.11. The average molecular weight is 527 g/mol. The molecular weight excluding hydrogens is 508 g/mol. The van der Waals surface area contributed by atoms with Gasteiger partial charge in [-0.1, -0.05) is 0 Å². The van der Waals surface area contributed by atoms with Crippen molar-refractivity contribution in [3.63, 3.8) is 0 Å². The Bertz CT molecular complexity index is 206. The molecule has 1 heterocycles. The number of hydrogen-bond donors (Lipinski definition) is 8. The number of ether oxygens (including phenoxy) is 1. The summed E-state index contributed by atoms with van der Waals surface area (Å²) in [5.74, 6) is 0. The molecule has 0 aromatic rings. The minimum absolute atomic E-state index is 0. The van der Waals surface area contributed by atoms with Crippen molar-refractivity contribution in [1.82, 2.24) is 12.3 Å². The van der Waals surface area contributed by atoms with Gasteiger partial charge >= 0.3 is 21.1 Å². The molecule has 0 aliphatic carbocycles. The molecule has 0 radical (unpaired) electrons. The Morgan fingerprint density at radius 3 is 1.60 bits per heavy atom. The van der Waals surface area contributed by atoms with Gasteiger partial charge in [-0.3, -0.25) is 0 Å². The first-order valence-corrected chi connectivity index (χ1v) is 3.94. The van der Waals surface area contributed by atoms with Gasteiger partial charge in [-0.25, -0.2) is 0 Å². The molecule has 11 nitrogen and oxygen atoms in total. The maximum absolute atomic E-state index is 9.12. The van der Waals surface area contributed by atoms with Crippen molar-refractivity contribution >= 4 is 0 Å². The Balaban J connectivity index is -0.0000000566. The fourth-order valence-electron chi connectivity index (χ4n) is 1.08. The second-order valence-corrected chi connectivity index (χ2v) is 2.80. The SMILES string of the molecule is N.N.O=NO.OC[C@H]1O[C@H](O)[C@@H](O)[C@@H](O)[C@@H]1O.[Cl-].[Cl-].[Pt+4]. The van der Waals surface area contributed by atoms with E-state index < -0.39 is 37.3 Å². The molecule has 14 heteroatoms. The number of aliphatic hydroxyl groups excluding tert-OH is 5. The molecule has 1 fully saturated rings. The van der Waals surface area contributed by atoms with Crippen LogP contribution in [0.25, 0.3) is 0 Å². The first kappa shape index (κ1) is 37.0. The van der Waals surface area contributed by atoms with Crippen molar-refractivity contribution in [3.05, 3.63) is 4.91 Å². The molecule has 0 aromatic carbocycles. The fourth-order valence-corrected chi connectivity index (χ4v) is 1.08. The van der Waals surface area contributed by atoms with Crippen LogP contribution < -0.4 is 37.1 Å². The molecule has 1 aliphatic rings. The summed E-state index contributed by atoms with van der Waals surface area (Å²) in [6.45, 7) is -0.526. The summed E-state index contributed by atoms with van der Waals surface area (Å²) in [7, 11) is 0. The molecular formula is C6H19Cl2N3O8Pt+2. The molecule has 20 heavy (non-hydrogen) atoms. The zero-order valence-electron chi connectivity index (χ0n) is 10.0. The van der Waals surface area contributed by atoms with Crippen LogP contribution in [0.3, 0.4) is 0 Å². The first-order valence-electron chi connectivity index (χ1n) is 3.94. The van der Waals surface area contributed by atoms with Gasteiger partial charge in [-0.2, -0.15) is 0 Å². The van der Waals surface area contributed by atoms with Gasteiger partial charge in [-0.15, -0.1) is 4.91 Å². The molecule has 0 bridgehead atoms. The Labute approximate surface area is 141 Å². The zero-order chi connectivity index (χ0) is 12.0. The standard InChI is InChI=1S/C6H12O6.2ClH.HNO2.2H3N.Pt/c7-1-2-3(8)4(9)5(10)6(11)12-2;;;2-1-3;;;/h2-11H,1H2;2*1H;(H,2,3);2*1H3;/q;;;;;;+4/p-2/t2-,3-,4+,5+,6+;;;;;;/m1....../s1. The van der Waals surface area contributed by atoms with E-state index in [9.17, 15) is 0 Å². The fraction of sp³-hybridized carbons (Fsp3) is 1.00. The van der Waals surface area contributed by atoms with Gasteiger partial charge in [0.05, 0.1) is 6.61 Å². The van der Waals surface area contributed by atoms with Crippen LogP contribution in [-0.2, 0) is 25.8 Å². The van der Waals surface area contributed by atoms with Crippen LogP contribution in [0.5, 0.6) is 0 Å². The Hall–Kier alpha value is 0.348. The molecule has 12 N–H and O–H groups in total. The second-order valence-electron chi connectivity index (χ2n) is 2.80. The molecule has 0 amide bonds. The van der Waals surface area contributed by atoms with Crippen molar-refractivity contribution < 1.29 is 81.4 Å². The Morgan fingerprint density at radius 2 is 1.30 bits per heavy atom. The third-order valence-corrected chi connectivity index (χ3v) is 1.87. The molecule has 5 atom stereocenters. The summed E-state index contributed by atoms with van der Waals surface area (Å²) >= 11 is 0. The van der Waals surface area contributed by atoms with Crippen LogP contribution >= 0.6 is 0 Å². The first-order chi connectivity index (χ1) is 6.99. The average Bonchev–Trinajstić information content (AvgIpc) is 2.21. The van der Waals surface area contributed by atoms with Gasteiger partial charge < -0.3 is 72.6 Å². The smallest absolute Gasteiger partial charge is 1.00 e. The van der Waals surface area contributed by atoms with Gasteiger partial charge in [0.1, 0.15) is 24.4 Å². The number of nitrogens with zero attached hydrogens (tertiary/aromatic N) is 1. The predicted octanol–water partition coefficient (Wildman–Crippen LogP) is -8.75. The van der Waals surface area contributed by atoms with Crippen molar-refractivity contribution in [2.75, 3.05) is 6.61 Å². The van der Waals surface area contributed by atoms with Gasteiger partial charge in [-0.05, 0) is 0 Å². The van der Waals surface area contributed by atoms with E-state index in [4.69, 9.17) is 35.6 Å². The Kier molecular flexibility index (Phi) is 35.8. The molecule has 128 valence electrons. The van der Waals surface area contributed by atoms with Gasteiger partial charge in [0.15, 0.2) is 11.6 Å². The van der Waals surface area contributed by atoms with E-state index in [0.29, 0.717) is 0 Å². The van der Waals surface area contributed by atoms with Gasteiger partial charge in [0.25, 0.3) is 0 Å². The summed E-state index contributed by atoms with van der Waals surface area (Å²) in [5, 5.41) is 52.5. The monoisotopic (exact) mass is 526 g/mol. The molecule has 1 saturated heterocycles. The second kappa shape index (κ2) is 19.3. The van der Waals surface area contributed by atoms with E-state index in [1.54, 1.807) is 0 Å². The number of hydrogen-bond acceptors (Lipinski definition) is 10. The van der Waals surface area contributed by atoms with Crippen molar-refractivity contribution in [1.29, 1.82) is 0 Å². The van der Waals surface area contributed by atoms with Gasteiger partial charge in [0.2, 0.25) is 0 Å². The molecule has 0 spiro atoms. The Morgan fingerprint density at radius 1 is 0.950 bits per heavy atom. The largest absolute Gasteiger partial charge is 4.00 e. The summed E-state index contributed by atoms with van der Waals surface area (Å²) in [6, 6.07) is 0. The molecule has 0 unspecified atom stereocenters. The van der Waals surface area contributed by atoms with E-state index >= 15 is 0 Å². The number of rotatable bonds is 1. The van der Waals surface area contributed by atoms with Crippen LogP contribution in [0.4, 0.5) is 0 Å². The van der Waals surface area contributed by atoms with E-state index in [1.165, 1.54) is 5.34 Å². The number of aliphatic hydroxyl groups is 5. The minimum atomic E-state index is -1.57. The van der Waals surface area contributed by atoms with E-state index in [0.717, 1.165) is 0 Å². The maximum Gasteiger partial charge on any atom is 4.00 e. The molecule has 1 aliphatic heterocycles. The van der Waals surface area contributed by atoms with Crippen LogP contribution in [0.15, 0.2) is 5.34 Å². The van der Waals surface area contributed by atoms with Crippen LogP contribution in [0, 0.1) is 4.91 Å². The van der Waals surface area contributed by atoms with Crippen molar-refractivity contribution in [2.45, 2.75) is 30.7 Å². The zero-order valence-corrected chi connectivity index (χ0v) is 13.8. The minimum Gasteiger partial charge on any atom is -1.00 e. The van der Waals surface area contributed by atoms with Crippen LogP contribution in [0.1, 0.15) is 0 Å². The van der Waals surface area contributed by atoms with E-state index in [-0.39, 0.29) is 58.2 Å². The van der Waals surface area contributed by atoms with E-state index in [2.05, 4.69) is 4.74 Å². The van der Waals surface area contributed by atoms with E-state index in [1.807, 2.05) is 0 Å². The molecule has 1 rings (SSSR count). The van der Waals surface area contributed by atoms with Crippen molar-refractivity contribution in [2.24, 2.45) is 5.34 Å². The molecule has 0 saturated carbocycles. The van der Waals surface area contributed by atoms with Gasteiger partial charge in [0, 0.05) is 0 Å². The topological polar surface area (TPSA) is 230 Å². The third kappa shape index (κ3) is 11.1. The predicted molar refractivity (Wildman–Crippen MR) is 53.6 cm³/mol. The van der Waals surface area contributed by atoms with Crippen LogP contribution in [0.2, 0.25) is 0 Å². The maximum atomic E-state index is 9.12.